The molecule has 0 unspecified atom stereocenters. The fourth-order valence-corrected chi connectivity index (χ4v) is 5.40. The Balaban J connectivity index is 1.74. The predicted molar refractivity (Wildman–Crippen MR) is 127 cm³/mol. The van der Waals surface area contributed by atoms with Gasteiger partial charge < -0.3 is 24.8 Å². The molecule has 7 nitrogen and oxygen atoms in total. The first kappa shape index (κ1) is 22.4. The number of amides is 1. The molecule has 1 aromatic carbocycles. The fourth-order valence-electron chi connectivity index (χ4n) is 5.12. The Labute approximate surface area is 198 Å². The molecule has 2 aromatic rings. The highest BCUT2D eigenvalue weighted by Gasteiger charge is 2.39. The van der Waals surface area contributed by atoms with Gasteiger partial charge in [-0.1, -0.05) is 23.7 Å². The number of nitrogens with one attached hydrogen (secondary N) is 1. The Kier molecular flexibility index (Phi) is 5.93. The van der Waals surface area contributed by atoms with Crippen molar-refractivity contribution in [3.05, 3.63) is 40.2 Å². The van der Waals surface area contributed by atoms with Crippen LogP contribution < -0.4 is 15.0 Å². The molecule has 0 aliphatic carbocycles. The third-order valence-electron chi connectivity index (χ3n) is 6.88. The van der Waals surface area contributed by atoms with E-state index in [1.165, 1.54) is 6.07 Å². The number of hydrogen-bond donors (Lipinski definition) is 1. The SMILES string of the molecule is Cc1cccc(F)c1-c1nc(N2CCN(C)C[C@@H]2C)c2c(c1Cl)OC[C@H]1CNCCN1C2=O. The molecule has 1 amide bonds. The first-order chi connectivity index (χ1) is 15.9. The van der Waals surface area contributed by atoms with E-state index < -0.39 is 5.82 Å². The van der Waals surface area contributed by atoms with Crippen molar-refractivity contribution in [2.24, 2.45) is 0 Å². The first-order valence-corrected chi connectivity index (χ1v) is 11.8. The molecule has 3 aliphatic rings. The Morgan fingerprint density at radius 3 is 2.79 bits per heavy atom. The van der Waals surface area contributed by atoms with Gasteiger partial charge in [0.2, 0.25) is 0 Å². The number of pyridine rings is 1. The summed E-state index contributed by atoms with van der Waals surface area (Å²) in [7, 11) is 2.08. The molecule has 0 saturated carbocycles. The minimum absolute atomic E-state index is 0.0915. The van der Waals surface area contributed by atoms with Crippen LogP contribution in [0.3, 0.4) is 0 Å². The smallest absolute Gasteiger partial charge is 0.261 e. The van der Waals surface area contributed by atoms with E-state index in [0.29, 0.717) is 54.6 Å². The molecular formula is C24H29ClFN5O2. The van der Waals surface area contributed by atoms with Crippen LogP contribution in [-0.4, -0.2) is 85.7 Å². The van der Waals surface area contributed by atoms with E-state index in [0.717, 1.165) is 25.2 Å². The number of carbonyl (C=O) groups is 1. The Hall–Kier alpha value is -2.42. The van der Waals surface area contributed by atoms with Gasteiger partial charge in [-0.05, 0) is 32.5 Å². The summed E-state index contributed by atoms with van der Waals surface area (Å²) in [5.41, 5.74) is 1.77. The van der Waals surface area contributed by atoms with Crippen LogP contribution in [0.2, 0.25) is 5.02 Å². The Bertz CT molecular complexity index is 1080. The minimum atomic E-state index is -0.400. The molecule has 1 aromatic heterocycles. The quantitative estimate of drug-likeness (QED) is 0.723. The normalized spacial score (nSPS) is 23.6. The molecule has 2 saturated heterocycles. The van der Waals surface area contributed by atoms with Crippen LogP contribution in [0.15, 0.2) is 18.2 Å². The summed E-state index contributed by atoms with van der Waals surface area (Å²) in [6.07, 6.45) is 0. The number of piperazine rings is 2. The molecule has 2 atom stereocenters. The van der Waals surface area contributed by atoms with Gasteiger partial charge in [0, 0.05) is 50.9 Å². The van der Waals surface area contributed by atoms with Crippen molar-refractivity contribution >= 4 is 23.3 Å². The maximum Gasteiger partial charge on any atom is 0.261 e. The summed E-state index contributed by atoms with van der Waals surface area (Å²) < 4.78 is 21.2. The number of fused-ring (bicyclic) bond motifs is 2. The molecule has 5 rings (SSSR count). The van der Waals surface area contributed by atoms with Crippen molar-refractivity contribution in [2.75, 3.05) is 57.8 Å². The molecule has 0 bridgehead atoms. The van der Waals surface area contributed by atoms with E-state index in [1.807, 2.05) is 17.9 Å². The first-order valence-electron chi connectivity index (χ1n) is 11.5. The van der Waals surface area contributed by atoms with Crippen molar-refractivity contribution < 1.29 is 13.9 Å². The number of carbonyl (C=O) groups excluding carboxylic acids is 1. The zero-order valence-corrected chi connectivity index (χ0v) is 20.0. The summed E-state index contributed by atoms with van der Waals surface area (Å²) in [6, 6.07) is 4.93. The van der Waals surface area contributed by atoms with Crippen molar-refractivity contribution in [2.45, 2.75) is 25.9 Å². The van der Waals surface area contributed by atoms with Crippen LogP contribution in [-0.2, 0) is 0 Å². The van der Waals surface area contributed by atoms with Crippen LogP contribution in [0.4, 0.5) is 10.2 Å². The number of nitrogens with zero attached hydrogens (tertiary/aromatic N) is 4. The standard InChI is InChI=1S/C24H29ClFN5O2/c1-14-5-4-6-17(26)18(14)21-20(25)22-19(23(28-21)30-10-9-29(3)12-15(30)2)24(32)31-8-7-27-11-16(31)13-33-22/h4-6,15-16,27H,7-13H2,1-3H3/t15-,16+/m0/s1. The van der Waals surface area contributed by atoms with Gasteiger partial charge in [-0.15, -0.1) is 0 Å². The van der Waals surface area contributed by atoms with Gasteiger partial charge in [0.05, 0.1) is 11.7 Å². The second kappa shape index (κ2) is 8.74. The van der Waals surface area contributed by atoms with E-state index in [2.05, 4.69) is 29.1 Å². The number of rotatable bonds is 2. The summed E-state index contributed by atoms with van der Waals surface area (Å²) in [5, 5.41) is 3.51. The lowest BCUT2D eigenvalue weighted by Crippen LogP contribution is -2.55. The van der Waals surface area contributed by atoms with Gasteiger partial charge in [0.25, 0.3) is 5.91 Å². The van der Waals surface area contributed by atoms with Crippen molar-refractivity contribution in [3.8, 4) is 17.0 Å². The third-order valence-corrected chi connectivity index (χ3v) is 7.23. The second-order valence-corrected chi connectivity index (χ2v) is 9.58. The summed E-state index contributed by atoms with van der Waals surface area (Å²) in [5.74, 6) is 0.311. The van der Waals surface area contributed by atoms with Gasteiger partial charge in [-0.3, -0.25) is 4.79 Å². The second-order valence-electron chi connectivity index (χ2n) is 9.21. The number of halogens is 2. The van der Waals surface area contributed by atoms with Crippen molar-refractivity contribution in [1.29, 1.82) is 0 Å². The number of ether oxygens (including phenoxy) is 1. The van der Waals surface area contributed by atoms with Crippen LogP contribution in [0.1, 0.15) is 22.8 Å². The highest BCUT2D eigenvalue weighted by atomic mass is 35.5. The Morgan fingerprint density at radius 1 is 1.21 bits per heavy atom. The van der Waals surface area contributed by atoms with Crippen LogP contribution in [0, 0.1) is 12.7 Å². The monoisotopic (exact) mass is 473 g/mol. The van der Waals surface area contributed by atoms with Gasteiger partial charge in [0.15, 0.2) is 5.75 Å². The van der Waals surface area contributed by atoms with E-state index >= 15 is 4.39 Å². The highest BCUT2D eigenvalue weighted by Crippen LogP contribution is 2.45. The number of anilines is 1. The lowest BCUT2D eigenvalue weighted by Gasteiger charge is -2.40. The molecule has 176 valence electrons. The van der Waals surface area contributed by atoms with Crippen molar-refractivity contribution in [1.82, 2.24) is 20.1 Å². The van der Waals surface area contributed by atoms with Crippen LogP contribution in [0.5, 0.6) is 5.75 Å². The fraction of sp³-hybridized carbons (Fsp3) is 0.500. The summed E-state index contributed by atoms with van der Waals surface area (Å²) >= 11 is 6.84. The van der Waals surface area contributed by atoms with E-state index in [-0.39, 0.29) is 23.0 Å². The maximum atomic E-state index is 15.0. The Morgan fingerprint density at radius 2 is 2.03 bits per heavy atom. The largest absolute Gasteiger partial charge is 0.489 e. The number of hydrogen-bond acceptors (Lipinski definition) is 6. The van der Waals surface area contributed by atoms with E-state index in [4.69, 9.17) is 21.3 Å². The van der Waals surface area contributed by atoms with Crippen molar-refractivity contribution in [3.63, 3.8) is 0 Å². The number of likely N-dealkylation sites (N-methyl/N-ethyl adjacent to an activating group) is 1. The van der Waals surface area contributed by atoms with Gasteiger partial charge in [-0.2, -0.15) is 0 Å². The molecule has 2 fully saturated rings. The third kappa shape index (κ3) is 3.84. The maximum absolute atomic E-state index is 15.0. The number of benzene rings is 1. The number of aryl methyl sites for hydroxylation is 1. The highest BCUT2D eigenvalue weighted by molar-refractivity contribution is 6.35. The summed E-state index contributed by atoms with van der Waals surface area (Å²) in [6.45, 7) is 8.61. The average molecular weight is 474 g/mol. The topological polar surface area (TPSA) is 60.9 Å². The van der Waals surface area contributed by atoms with Gasteiger partial charge >= 0.3 is 0 Å². The molecular weight excluding hydrogens is 445 g/mol. The zero-order valence-electron chi connectivity index (χ0n) is 19.2. The minimum Gasteiger partial charge on any atom is -0.489 e. The molecule has 3 aliphatic heterocycles. The lowest BCUT2D eigenvalue weighted by molar-refractivity contribution is 0.0606. The molecule has 4 heterocycles. The molecule has 9 heteroatoms. The summed E-state index contributed by atoms with van der Waals surface area (Å²) in [4.78, 5) is 25.0. The molecule has 33 heavy (non-hydrogen) atoms. The molecule has 0 spiro atoms. The van der Waals surface area contributed by atoms with Gasteiger partial charge in [-0.25, -0.2) is 9.37 Å². The van der Waals surface area contributed by atoms with E-state index in [9.17, 15) is 4.79 Å². The number of aromatic nitrogens is 1. The lowest BCUT2D eigenvalue weighted by atomic mass is 10.0. The molecule has 0 radical (unpaired) electrons. The average Bonchev–Trinajstić information content (AvgIpc) is 2.93. The van der Waals surface area contributed by atoms with Crippen LogP contribution >= 0.6 is 11.6 Å². The zero-order chi connectivity index (χ0) is 23.3. The predicted octanol–water partition coefficient (Wildman–Crippen LogP) is 2.80. The van der Waals surface area contributed by atoms with E-state index in [1.54, 1.807) is 6.07 Å². The molecule has 1 N–H and O–H groups in total. The van der Waals surface area contributed by atoms with Crippen LogP contribution in [0.25, 0.3) is 11.3 Å². The van der Waals surface area contributed by atoms with Gasteiger partial charge in [0.1, 0.15) is 28.8 Å².